The Kier molecular flexibility index (Phi) is 7.19. The quantitative estimate of drug-likeness (QED) is 0.652. The van der Waals surface area contributed by atoms with Gasteiger partial charge in [-0.05, 0) is 60.9 Å². The van der Waals surface area contributed by atoms with E-state index in [1.165, 1.54) is 10.4 Å². The summed E-state index contributed by atoms with van der Waals surface area (Å²) in [4.78, 5) is 31.2. The Bertz CT molecular complexity index is 873. The number of thiophene rings is 1. The van der Waals surface area contributed by atoms with Crippen LogP contribution in [-0.2, 0) is 16.0 Å². The van der Waals surface area contributed by atoms with E-state index >= 15 is 0 Å². The van der Waals surface area contributed by atoms with Crippen molar-refractivity contribution in [1.82, 2.24) is 9.80 Å². The van der Waals surface area contributed by atoms with Gasteiger partial charge in [-0.2, -0.15) is 0 Å². The lowest BCUT2D eigenvalue weighted by molar-refractivity contribution is -0.143. The van der Waals surface area contributed by atoms with Crippen LogP contribution in [-0.4, -0.2) is 47.9 Å². The molecule has 0 spiro atoms. The van der Waals surface area contributed by atoms with Gasteiger partial charge in [0.1, 0.15) is 12.3 Å². The number of hydrogen-bond acceptors (Lipinski definition) is 4. The van der Waals surface area contributed by atoms with E-state index in [-0.39, 0.29) is 36.4 Å². The molecule has 2 aromatic rings. The zero-order valence-electron chi connectivity index (χ0n) is 18.6. The highest BCUT2D eigenvalue weighted by Crippen LogP contribution is 2.38. The average Bonchev–Trinajstić information content (AvgIpc) is 3.19. The van der Waals surface area contributed by atoms with Crippen LogP contribution < -0.4 is 4.74 Å². The van der Waals surface area contributed by atoms with E-state index in [4.69, 9.17) is 4.74 Å². The maximum Gasteiger partial charge on any atom is 0.243 e. The zero-order chi connectivity index (χ0) is 21.8. The number of methoxy groups -OCH3 is 1. The fraction of sp³-hybridized carbons (Fsp3) is 0.500. The van der Waals surface area contributed by atoms with Crippen LogP contribution in [0.5, 0.6) is 5.75 Å². The number of ether oxygens (including phenoxy) is 1. The number of benzene rings is 1. The second-order valence-electron chi connectivity index (χ2n) is 8.53. The maximum absolute atomic E-state index is 13.5. The molecule has 1 aliphatic rings. The van der Waals surface area contributed by atoms with Crippen LogP contribution in [0, 0.1) is 5.92 Å². The average molecular weight is 429 g/mol. The van der Waals surface area contributed by atoms with Crippen molar-refractivity contribution in [1.29, 1.82) is 0 Å². The van der Waals surface area contributed by atoms with Gasteiger partial charge in [0.2, 0.25) is 11.8 Å². The molecule has 2 amide bonds. The van der Waals surface area contributed by atoms with E-state index in [9.17, 15) is 9.59 Å². The second kappa shape index (κ2) is 9.65. The Hall–Kier alpha value is -2.34. The number of hydrogen-bond donors (Lipinski definition) is 0. The summed E-state index contributed by atoms with van der Waals surface area (Å²) >= 11 is 1.75. The molecule has 0 unspecified atom stereocenters. The Balaban J connectivity index is 1.88. The summed E-state index contributed by atoms with van der Waals surface area (Å²) < 4.78 is 5.30. The first-order valence-electron chi connectivity index (χ1n) is 10.6. The van der Waals surface area contributed by atoms with Crippen molar-refractivity contribution in [3.63, 3.8) is 0 Å². The molecule has 5 nitrogen and oxygen atoms in total. The molecule has 0 fully saturated rings. The van der Waals surface area contributed by atoms with Crippen molar-refractivity contribution in [2.45, 2.75) is 52.6 Å². The normalized spacial score (nSPS) is 16.0. The van der Waals surface area contributed by atoms with Gasteiger partial charge in [-0.1, -0.05) is 26.0 Å². The SMILES string of the molecule is COc1ccc([C@H]2c3ccsc3CCN2C(=O)CN(C(=O)CC(C)C)C(C)C)cc1. The van der Waals surface area contributed by atoms with Gasteiger partial charge in [-0.15, -0.1) is 11.3 Å². The predicted molar refractivity (Wildman–Crippen MR) is 121 cm³/mol. The minimum Gasteiger partial charge on any atom is -0.497 e. The fourth-order valence-corrected chi connectivity index (χ4v) is 4.90. The van der Waals surface area contributed by atoms with Gasteiger partial charge >= 0.3 is 0 Å². The smallest absolute Gasteiger partial charge is 0.243 e. The highest BCUT2D eigenvalue weighted by molar-refractivity contribution is 7.10. The van der Waals surface area contributed by atoms with E-state index in [1.54, 1.807) is 23.3 Å². The molecule has 0 N–H and O–H groups in total. The highest BCUT2D eigenvalue weighted by atomic mass is 32.1. The number of amides is 2. The number of carbonyl (C=O) groups is 2. The van der Waals surface area contributed by atoms with Gasteiger partial charge in [-0.25, -0.2) is 0 Å². The first-order chi connectivity index (χ1) is 14.3. The lowest BCUT2D eigenvalue weighted by Gasteiger charge is -2.38. The van der Waals surface area contributed by atoms with Crippen LogP contribution in [0.15, 0.2) is 35.7 Å². The topological polar surface area (TPSA) is 49.9 Å². The first kappa shape index (κ1) is 22.3. The molecule has 0 bridgehead atoms. The molecule has 0 saturated heterocycles. The summed E-state index contributed by atoms with van der Waals surface area (Å²) in [5, 5.41) is 2.10. The van der Waals surface area contributed by atoms with Crippen molar-refractivity contribution in [3.05, 3.63) is 51.7 Å². The third-order valence-corrected chi connectivity index (χ3v) is 6.55. The van der Waals surface area contributed by atoms with Crippen LogP contribution in [0.25, 0.3) is 0 Å². The third-order valence-electron chi connectivity index (χ3n) is 5.55. The highest BCUT2D eigenvalue weighted by Gasteiger charge is 2.34. The molecular formula is C24H32N2O3S. The number of fused-ring (bicyclic) bond motifs is 1. The zero-order valence-corrected chi connectivity index (χ0v) is 19.4. The summed E-state index contributed by atoms with van der Waals surface area (Å²) in [5.41, 5.74) is 2.25. The van der Waals surface area contributed by atoms with Crippen LogP contribution >= 0.6 is 11.3 Å². The molecule has 0 saturated carbocycles. The minimum absolute atomic E-state index is 0.00141. The molecule has 1 atom stereocenters. The molecule has 6 heteroatoms. The Morgan fingerprint density at radius 3 is 2.47 bits per heavy atom. The maximum atomic E-state index is 13.5. The van der Waals surface area contributed by atoms with E-state index < -0.39 is 0 Å². The van der Waals surface area contributed by atoms with Gasteiger partial charge in [-0.3, -0.25) is 9.59 Å². The Morgan fingerprint density at radius 1 is 1.17 bits per heavy atom. The largest absolute Gasteiger partial charge is 0.497 e. The van der Waals surface area contributed by atoms with Crippen LogP contribution in [0.2, 0.25) is 0 Å². The van der Waals surface area contributed by atoms with Crippen molar-refractivity contribution in [2.24, 2.45) is 5.92 Å². The van der Waals surface area contributed by atoms with Gasteiger partial charge in [0.25, 0.3) is 0 Å². The molecular weight excluding hydrogens is 396 g/mol. The summed E-state index contributed by atoms with van der Waals surface area (Å²) in [7, 11) is 1.65. The monoisotopic (exact) mass is 428 g/mol. The first-order valence-corrected chi connectivity index (χ1v) is 11.5. The third kappa shape index (κ3) is 4.86. The molecule has 30 heavy (non-hydrogen) atoms. The fourth-order valence-electron chi connectivity index (χ4n) is 3.99. The lowest BCUT2D eigenvalue weighted by Crippen LogP contribution is -2.48. The molecule has 1 aromatic heterocycles. The van der Waals surface area contributed by atoms with E-state index in [1.807, 2.05) is 56.9 Å². The van der Waals surface area contributed by atoms with Crippen molar-refractivity contribution in [2.75, 3.05) is 20.2 Å². The van der Waals surface area contributed by atoms with Gasteiger partial charge < -0.3 is 14.5 Å². The number of rotatable bonds is 7. The molecule has 1 aliphatic heterocycles. The van der Waals surface area contributed by atoms with Crippen LogP contribution in [0.3, 0.4) is 0 Å². The summed E-state index contributed by atoms with van der Waals surface area (Å²) in [6.45, 7) is 8.78. The minimum atomic E-state index is -0.132. The molecule has 162 valence electrons. The number of carbonyl (C=O) groups excluding carboxylic acids is 2. The molecule has 0 aliphatic carbocycles. The summed E-state index contributed by atoms with van der Waals surface area (Å²) in [5.74, 6) is 1.11. The predicted octanol–water partition coefficient (Wildman–Crippen LogP) is 4.51. The van der Waals surface area contributed by atoms with E-state index in [2.05, 4.69) is 11.4 Å². The summed E-state index contributed by atoms with van der Waals surface area (Å²) in [6, 6.07) is 9.91. The Labute approximate surface area is 183 Å². The standard InChI is InChI=1S/C24H32N2O3S/c1-16(2)14-22(27)26(17(3)4)15-23(28)25-12-10-21-20(11-13-30-21)24(25)18-6-8-19(29-5)9-7-18/h6-9,11,13,16-17,24H,10,12,14-15H2,1-5H3/t24-/m0/s1. The number of nitrogens with zero attached hydrogens (tertiary/aromatic N) is 2. The molecule has 0 radical (unpaired) electrons. The molecule has 3 rings (SSSR count). The van der Waals surface area contributed by atoms with Crippen LogP contribution in [0.4, 0.5) is 0 Å². The summed E-state index contributed by atoms with van der Waals surface area (Å²) in [6.07, 6.45) is 1.31. The molecule has 1 aromatic carbocycles. The van der Waals surface area contributed by atoms with Crippen molar-refractivity contribution >= 4 is 23.2 Å². The van der Waals surface area contributed by atoms with Crippen molar-refractivity contribution < 1.29 is 14.3 Å². The van der Waals surface area contributed by atoms with Crippen LogP contribution in [0.1, 0.15) is 56.2 Å². The van der Waals surface area contributed by atoms with Gasteiger partial charge in [0.15, 0.2) is 0 Å². The van der Waals surface area contributed by atoms with Gasteiger partial charge in [0, 0.05) is 23.9 Å². The van der Waals surface area contributed by atoms with Gasteiger partial charge in [0.05, 0.1) is 13.2 Å². The lowest BCUT2D eigenvalue weighted by atomic mass is 9.93. The van der Waals surface area contributed by atoms with E-state index in [0.717, 1.165) is 17.7 Å². The molecule has 2 heterocycles. The second-order valence-corrected chi connectivity index (χ2v) is 9.53. The van der Waals surface area contributed by atoms with E-state index in [0.29, 0.717) is 13.0 Å². The van der Waals surface area contributed by atoms with Crippen molar-refractivity contribution in [3.8, 4) is 5.75 Å². The Morgan fingerprint density at radius 2 is 1.87 bits per heavy atom.